The number of nitrogens with one attached hydrogen (secondary N) is 1. The number of aromatic nitrogens is 4. The molecule has 0 spiro atoms. The molecule has 2 aliphatic rings. The lowest BCUT2D eigenvalue weighted by Gasteiger charge is -2.40. The predicted octanol–water partition coefficient (Wildman–Crippen LogP) is 3.93. The molecule has 6 heterocycles. The average Bonchev–Trinajstić information content (AvgIpc) is 3.43. The average molecular weight is 635 g/mol. The summed E-state index contributed by atoms with van der Waals surface area (Å²) in [6, 6.07) is 11.5. The maximum atomic E-state index is 12.8. The zero-order chi connectivity index (χ0) is 30.0. The van der Waals surface area contributed by atoms with Gasteiger partial charge in [-0.2, -0.15) is 23.9 Å². The predicted molar refractivity (Wildman–Crippen MR) is 173 cm³/mol. The van der Waals surface area contributed by atoms with Crippen LogP contribution in [0.15, 0.2) is 55.1 Å². The van der Waals surface area contributed by atoms with Crippen LogP contribution in [-0.2, 0) is 4.74 Å². The van der Waals surface area contributed by atoms with Crippen molar-refractivity contribution >= 4 is 42.3 Å². The highest BCUT2D eigenvalue weighted by molar-refractivity contribution is 7.59. The van der Waals surface area contributed by atoms with Gasteiger partial charge in [0.2, 0.25) is 0 Å². The SMILES string of the molecule is CN1CCO[C@H](COc2cc(-c3ccc(N4CCC(C)(NC(=O)c5ncccc5Cl)CC4)nc3)c3c(C#N)cnn3c2)C1.S. The number of halogens is 1. The van der Waals surface area contributed by atoms with Crippen LogP contribution < -0.4 is 15.0 Å². The third kappa shape index (κ3) is 6.76. The Balaban J connectivity index is 0.00000384. The minimum absolute atomic E-state index is 0. The molecule has 6 rings (SSSR count). The standard InChI is InChI=1S/C31H33ClN8O3.H2S/c1-31(37-30(41)28-26(32)4-3-9-34-28)7-10-39(11-8-31)27-6-5-21(16-35-27)25-14-23(19-40-29(25)22(15-33)17-36-40)43-20-24-18-38(2)12-13-42-24;/h3-6,9,14,16-17,19,24H,7-8,10-13,18,20H2,1-2H3,(H,37,41);1H2/t24-;/m0./s1. The summed E-state index contributed by atoms with van der Waals surface area (Å²) in [4.78, 5) is 26.2. The fourth-order valence-electron chi connectivity index (χ4n) is 5.61. The lowest BCUT2D eigenvalue weighted by molar-refractivity contribution is -0.0404. The van der Waals surface area contributed by atoms with Crippen molar-refractivity contribution in [1.29, 1.82) is 5.26 Å². The maximum absolute atomic E-state index is 12.8. The highest BCUT2D eigenvalue weighted by Gasteiger charge is 2.33. The first-order valence-corrected chi connectivity index (χ1v) is 14.7. The van der Waals surface area contributed by atoms with Gasteiger partial charge >= 0.3 is 0 Å². The molecule has 0 unspecified atom stereocenters. The number of morpholine rings is 1. The number of likely N-dealkylation sites (N-methyl/N-ethyl adjacent to an activating group) is 1. The van der Waals surface area contributed by atoms with Crippen LogP contribution in [0.5, 0.6) is 5.75 Å². The zero-order valence-corrected chi connectivity index (χ0v) is 26.4. The molecule has 230 valence electrons. The summed E-state index contributed by atoms with van der Waals surface area (Å²) in [6.07, 6.45) is 8.21. The Kier molecular flexibility index (Phi) is 9.60. The van der Waals surface area contributed by atoms with Crippen molar-refractivity contribution in [2.75, 3.05) is 51.3 Å². The Hall–Kier alpha value is -3.89. The van der Waals surface area contributed by atoms with Gasteiger partial charge in [-0.1, -0.05) is 11.6 Å². The molecular weight excluding hydrogens is 600 g/mol. The van der Waals surface area contributed by atoms with Gasteiger partial charge in [0.15, 0.2) is 0 Å². The third-order valence-electron chi connectivity index (χ3n) is 8.12. The van der Waals surface area contributed by atoms with Gasteiger partial charge in [-0.15, -0.1) is 0 Å². The van der Waals surface area contributed by atoms with E-state index in [1.807, 2.05) is 31.3 Å². The van der Waals surface area contributed by atoms with Crippen molar-refractivity contribution in [3.05, 3.63) is 71.4 Å². The van der Waals surface area contributed by atoms with Crippen LogP contribution in [0, 0.1) is 11.3 Å². The van der Waals surface area contributed by atoms with Crippen LogP contribution >= 0.6 is 25.1 Å². The molecule has 0 aromatic carbocycles. The second-order valence-corrected chi connectivity index (χ2v) is 11.8. The summed E-state index contributed by atoms with van der Waals surface area (Å²) >= 11 is 6.17. The Morgan fingerprint density at radius 1 is 1.23 bits per heavy atom. The first-order valence-electron chi connectivity index (χ1n) is 14.3. The van der Waals surface area contributed by atoms with Gasteiger partial charge in [-0.05, 0) is 57.1 Å². The van der Waals surface area contributed by atoms with E-state index in [-0.39, 0.29) is 36.7 Å². The van der Waals surface area contributed by atoms with Crippen molar-refractivity contribution in [3.8, 4) is 22.9 Å². The van der Waals surface area contributed by atoms with Crippen molar-refractivity contribution in [2.24, 2.45) is 0 Å². The van der Waals surface area contributed by atoms with Gasteiger partial charge in [0.1, 0.15) is 36.0 Å². The number of ether oxygens (including phenoxy) is 2. The summed E-state index contributed by atoms with van der Waals surface area (Å²) in [5, 5.41) is 17.6. The smallest absolute Gasteiger partial charge is 0.271 e. The molecule has 4 aromatic rings. The fraction of sp³-hybridized carbons (Fsp3) is 0.387. The Morgan fingerprint density at radius 2 is 2.05 bits per heavy atom. The largest absolute Gasteiger partial charge is 0.489 e. The number of fused-ring (bicyclic) bond motifs is 1. The molecule has 0 aliphatic carbocycles. The minimum Gasteiger partial charge on any atom is -0.489 e. The van der Waals surface area contributed by atoms with E-state index in [9.17, 15) is 10.1 Å². The first kappa shape index (κ1) is 31.5. The van der Waals surface area contributed by atoms with E-state index in [0.29, 0.717) is 35.1 Å². The lowest BCUT2D eigenvalue weighted by Crippen LogP contribution is -2.53. The molecule has 0 radical (unpaired) electrons. The Morgan fingerprint density at radius 3 is 2.75 bits per heavy atom. The third-order valence-corrected chi connectivity index (χ3v) is 8.43. The summed E-state index contributed by atoms with van der Waals surface area (Å²) in [5.41, 5.74) is 2.71. The molecule has 1 N–H and O–H groups in total. The topological polar surface area (TPSA) is 121 Å². The van der Waals surface area contributed by atoms with E-state index < -0.39 is 0 Å². The summed E-state index contributed by atoms with van der Waals surface area (Å²) in [7, 11) is 2.07. The summed E-state index contributed by atoms with van der Waals surface area (Å²) in [6.45, 7) is 6.33. The van der Waals surface area contributed by atoms with Crippen LogP contribution in [0.1, 0.15) is 35.8 Å². The summed E-state index contributed by atoms with van der Waals surface area (Å²) in [5.74, 6) is 1.22. The number of hydrogen-bond acceptors (Lipinski definition) is 9. The molecule has 4 aromatic heterocycles. The molecule has 44 heavy (non-hydrogen) atoms. The number of nitrogens with zero attached hydrogens (tertiary/aromatic N) is 7. The second kappa shape index (κ2) is 13.4. The van der Waals surface area contributed by atoms with E-state index in [4.69, 9.17) is 26.1 Å². The van der Waals surface area contributed by atoms with E-state index >= 15 is 0 Å². The van der Waals surface area contributed by atoms with Crippen molar-refractivity contribution in [1.82, 2.24) is 29.8 Å². The number of carbonyl (C=O) groups is 1. The normalized spacial score (nSPS) is 18.3. The Bertz CT molecular complexity index is 1670. The van der Waals surface area contributed by atoms with Crippen molar-refractivity contribution in [3.63, 3.8) is 0 Å². The van der Waals surface area contributed by atoms with Crippen LogP contribution in [-0.4, -0.2) is 88.5 Å². The first-order chi connectivity index (χ1) is 20.8. The van der Waals surface area contributed by atoms with Crippen LogP contribution in [0.3, 0.4) is 0 Å². The van der Waals surface area contributed by atoms with E-state index in [2.05, 4.69) is 38.3 Å². The molecule has 13 heteroatoms. The molecule has 2 aliphatic heterocycles. The molecule has 0 saturated carbocycles. The molecule has 0 bridgehead atoms. The number of rotatable bonds is 7. The van der Waals surface area contributed by atoms with Gasteiger partial charge in [0, 0.05) is 55.2 Å². The highest BCUT2D eigenvalue weighted by Crippen LogP contribution is 2.32. The maximum Gasteiger partial charge on any atom is 0.271 e. The number of carbonyl (C=O) groups excluding carboxylic acids is 1. The number of hydrogen-bond donors (Lipinski definition) is 1. The number of nitriles is 1. The molecule has 2 fully saturated rings. The molecule has 1 amide bonds. The quantitative estimate of drug-likeness (QED) is 0.322. The van der Waals surface area contributed by atoms with Crippen LogP contribution in [0.2, 0.25) is 5.02 Å². The van der Waals surface area contributed by atoms with Crippen molar-refractivity contribution in [2.45, 2.75) is 31.4 Å². The lowest BCUT2D eigenvalue weighted by atomic mass is 9.89. The number of pyridine rings is 3. The second-order valence-electron chi connectivity index (χ2n) is 11.4. The van der Waals surface area contributed by atoms with Gasteiger partial charge in [0.25, 0.3) is 5.91 Å². The molecule has 2 saturated heterocycles. The molecular formula is C31H35ClN8O3S. The van der Waals surface area contributed by atoms with Crippen molar-refractivity contribution < 1.29 is 14.3 Å². The van der Waals surface area contributed by atoms with E-state index in [0.717, 1.165) is 56.0 Å². The minimum atomic E-state index is -0.381. The van der Waals surface area contributed by atoms with Crippen LogP contribution in [0.25, 0.3) is 16.6 Å². The van der Waals surface area contributed by atoms with E-state index in [1.54, 1.807) is 35.2 Å². The van der Waals surface area contributed by atoms with Gasteiger partial charge in [0.05, 0.1) is 35.1 Å². The number of piperidine rings is 1. The zero-order valence-electron chi connectivity index (χ0n) is 24.7. The molecule has 1 atom stereocenters. The number of amides is 1. The fourth-order valence-corrected chi connectivity index (χ4v) is 5.81. The van der Waals surface area contributed by atoms with E-state index in [1.165, 1.54) is 0 Å². The van der Waals surface area contributed by atoms with Crippen LogP contribution in [0.4, 0.5) is 5.82 Å². The summed E-state index contributed by atoms with van der Waals surface area (Å²) < 4.78 is 13.7. The Labute approximate surface area is 268 Å². The monoisotopic (exact) mass is 634 g/mol. The van der Waals surface area contributed by atoms with Gasteiger partial charge in [-0.25, -0.2) is 14.5 Å². The number of anilines is 1. The van der Waals surface area contributed by atoms with Gasteiger partial charge in [-0.3, -0.25) is 4.79 Å². The molecule has 11 nitrogen and oxygen atoms in total. The van der Waals surface area contributed by atoms with Gasteiger partial charge < -0.3 is 24.6 Å². The highest BCUT2D eigenvalue weighted by atomic mass is 35.5.